The van der Waals surface area contributed by atoms with Crippen LogP contribution in [0.3, 0.4) is 0 Å². The molecule has 4 nitrogen and oxygen atoms in total. The molecule has 2 rings (SSSR count). The van der Waals surface area contributed by atoms with Crippen LogP contribution in [0.4, 0.5) is 10.2 Å². The first kappa shape index (κ1) is 8.96. The predicted octanol–water partition coefficient (Wildman–Crippen LogP) is 1.64. The van der Waals surface area contributed by atoms with Gasteiger partial charge in [-0.15, -0.1) is 15.0 Å². The summed E-state index contributed by atoms with van der Waals surface area (Å²) in [5, 5.41) is 7.81. The smallest absolute Gasteiger partial charge is 0.195 e. The van der Waals surface area contributed by atoms with E-state index in [4.69, 9.17) is 17.3 Å². The Balaban J connectivity index is 2.44. The number of aromatic nitrogens is 3. The highest BCUT2D eigenvalue weighted by Crippen LogP contribution is 2.14. The number of benzene rings is 1. The van der Waals surface area contributed by atoms with Crippen molar-refractivity contribution in [2.45, 2.75) is 0 Å². The van der Waals surface area contributed by atoms with Crippen LogP contribution in [0.2, 0.25) is 5.15 Å². The van der Waals surface area contributed by atoms with E-state index in [1.807, 2.05) is 0 Å². The van der Waals surface area contributed by atoms with E-state index in [9.17, 15) is 4.39 Å². The van der Waals surface area contributed by atoms with Gasteiger partial charge in [-0.3, -0.25) is 0 Å². The number of halogens is 2. The van der Waals surface area contributed by atoms with Gasteiger partial charge in [-0.1, -0.05) is 11.6 Å². The van der Waals surface area contributed by atoms with Crippen LogP contribution in [0.15, 0.2) is 24.3 Å². The first-order valence-corrected chi connectivity index (χ1v) is 4.19. The minimum absolute atomic E-state index is 0.134. The standard InChI is InChI=1S/C8H6ClFN4/c9-7-8(11)13-14(12-7)6-3-1-5(10)2-4-6/h1-4H,(H2,11,13). The Morgan fingerprint density at radius 2 is 1.86 bits per heavy atom. The number of nitrogens with zero attached hydrogens (tertiary/aromatic N) is 3. The monoisotopic (exact) mass is 212 g/mol. The number of nitrogen functional groups attached to an aromatic ring is 1. The summed E-state index contributed by atoms with van der Waals surface area (Å²) in [7, 11) is 0. The van der Waals surface area contributed by atoms with Gasteiger partial charge in [0, 0.05) is 0 Å². The second-order valence-electron chi connectivity index (χ2n) is 2.64. The average Bonchev–Trinajstić information content (AvgIpc) is 2.48. The maximum absolute atomic E-state index is 12.6. The van der Waals surface area contributed by atoms with E-state index in [0.29, 0.717) is 5.69 Å². The summed E-state index contributed by atoms with van der Waals surface area (Å²) < 4.78 is 12.6. The van der Waals surface area contributed by atoms with Gasteiger partial charge in [0.1, 0.15) is 5.82 Å². The topological polar surface area (TPSA) is 56.7 Å². The normalized spacial score (nSPS) is 10.4. The Bertz CT molecular complexity index is 431. The van der Waals surface area contributed by atoms with E-state index in [0.717, 1.165) is 0 Å². The second-order valence-corrected chi connectivity index (χ2v) is 3.00. The van der Waals surface area contributed by atoms with Gasteiger partial charge in [-0.2, -0.15) is 0 Å². The third-order valence-corrected chi connectivity index (χ3v) is 1.92. The number of anilines is 1. The zero-order chi connectivity index (χ0) is 10.1. The third kappa shape index (κ3) is 1.54. The Hall–Kier alpha value is -1.62. The van der Waals surface area contributed by atoms with Crippen molar-refractivity contribution in [3.05, 3.63) is 35.2 Å². The molecular weight excluding hydrogens is 207 g/mol. The van der Waals surface area contributed by atoms with E-state index in [1.54, 1.807) is 0 Å². The summed E-state index contributed by atoms with van der Waals surface area (Å²) in [6.45, 7) is 0. The Morgan fingerprint density at radius 3 is 2.36 bits per heavy atom. The minimum atomic E-state index is -0.319. The Labute approximate surface area is 84.1 Å². The molecule has 0 aliphatic carbocycles. The van der Waals surface area contributed by atoms with Gasteiger partial charge in [-0.25, -0.2) is 4.39 Å². The van der Waals surface area contributed by atoms with Crippen LogP contribution in [-0.2, 0) is 0 Å². The van der Waals surface area contributed by atoms with Gasteiger partial charge in [0.2, 0.25) is 0 Å². The maximum atomic E-state index is 12.6. The van der Waals surface area contributed by atoms with Crippen LogP contribution < -0.4 is 5.73 Å². The van der Waals surface area contributed by atoms with Crippen molar-refractivity contribution in [1.82, 2.24) is 15.0 Å². The zero-order valence-corrected chi connectivity index (χ0v) is 7.74. The summed E-state index contributed by atoms with van der Waals surface area (Å²) in [5.41, 5.74) is 6.01. The number of nitrogens with two attached hydrogens (primary N) is 1. The second kappa shape index (κ2) is 3.26. The van der Waals surface area contributed by atoms with E-state index in [-0.39, 0.29) is 16.8 Å². The highest BCUT2D eigenvalue weighted by atomic mass is 35.5. The Morgan fingerprint density at radius 1 is 1.21 bits per heavy atom. The lowest BCUT2D eigenvalue weighted by Gasteiger charge is -1.97. The molecule has 0 atom stereocenters. The number of rotatable bonds is 1. The van der Waals surface area contributed by atoms with Crippen molar-refractivity contribution in [1.29, 1.82) is 0 Å². The molecule has 0 aliphatic heterocycles. The van der Waals surface area contributed by atoms with Crippen LogP contribution in [0, 0.1) is 5.82 Å². The molecule has 2 N–H and O–H groups in total. The molecule has 1 aromatic heterocycles. The minimum Gasteiger partial charge on any atom is -0.380 e. The molecular formula is C8H6ClFN4. The van der Waals surface area contributed by atoms with Gasteiger partial charge in [0.25, 0.3) is 0 Å². The molecule has 0 amide bonds. The molecule has 0 unspecified atom stereocenters. The average molecular weight is 213 g/mol. The molecule has 1 heterocycles. The van der Waals surface area contributed by atoms with Gasteiger partial charge in [0.15, 0.2) is 11.0 Å². The molecule has 1 aromatic carbocycles. The Kier molecular flexibility index (Phi) is 2.09. The van der Waals surface area contributed by atoms with Crippen molar-refractivity contribution in [2.75, 3.05) is 5.73 Å². The van der Waals surface area contributed by atoms with Crippen molar-refractivity contribution < 1.29 is 4.39 Å². The molecule has 2 aromatic rings. The van der Waals surface area contributed by atoms with E-state index >= 15 is 0 Å². The van der Waals surface area contributed by atoms with Crippen LogP contribution in [0.1, 0.15) is 0 Å². The first-order valence-electron chi connectivity index (χ1n) is 3.81. The molecule has 0 fully saturated rings. The van der Waals surface area contributed by atoms with E-state index < -0.39 is 0 Å². The highest BCUT2D eigenvalue weighted by Gasteiger charge is 2.05. The first-order chi connectivity index (χ1) is 6.66. The summed E-state index contributed by atoms with van der Waals surface area (Å²) in [4.78, 5) is 1.25. The van der Waals surface area contributed by atoms with Crippen LogP contribution in [0.5, 0.6) is 0 Å². The van der Waals surface area contributed by atoms with Gasteiger partial charge < -0.3 is 5.73 Å². The SMILES string of the molecule is Nc1nn(-c2ccc(F)cc2)nc1Cl. The lowest BCUT2D eigenvalue weighted by molar-refractivity contribution is 0.626. The van der Waals surface area contributed by atoms with Crippen LogP contribution in [-0.4, -0.2) is 15.0 Å². The fourth-order valence-corrected chi connectivity index (χ4v) is 1.10. The lowest BCUT2D eigenvalue weighted by atomic mass is 10.3. The van der Waals surface area contributed by atoms with Crippen LogP contribution >= 0.6 is 11.6 Å². The van der Waals surface area contributed by atoms with E-state index in [2.05, 4.69) is 10.2 Å². The van der Waals surface area contributed by atoms with E-state index in [1.165, 1.54) is 29.1 Å². The van der Waals surface area contributed by atoms with Gasteiger partial charge >= 0.3 is 0 Å². The largest absolute Gasteiger partial charge is 0.380 e. The van der Waals surface area contributed by atoms with Gasteiger partial charge in [0.05, 0.1) is 5.69 Å². The van der Waals surface area contributed by atoms with Gasteiger partial charge in [-0.05, 0) is 24.3 Å². The zero-order valence-electron chi connectivity index (χ0n) is 6.98. The molecule has 6 heteroatoms. The number of hydrogen-bond donors (Lipinski definition) is 1. The number of hydrogen-bond acceptors (Lipinski definition) is 3. The highest BCUT2D eigenvalue weighted by molar-refractivity contribution is 6.31. The molecule has 0 saturated heterocycles. The fraction of sp³-hybridized carbons (Fsp3) is 0. The fourth-order valence-electron chi connectivity index (χ4n) is 0.990. The molecule has 72 valence electrons. The molecule has 0 aliphatic rings. The van der Waals surface area contributed by atoms with Crippen LogP contribution in [0.25, 0.3) is 5.69 Å². The van der Waals surface area contributed by atoms with Crippen molar-refractivity contribution in [3.63, 3.8) is 0 Å². The van der Waals surface area contributed by atoms with Crippen molar-refractivity contribution in [3.8, 4) is 5.69 Å². The lowest BCUT2D eigenvalue weighted by Crippen LogP contribution is -1.99. The molecule has 0 spiro atoms. The summed E-state index contributed by atoms with van der Waals surface area (Å²) >= 11 is 5.62. The molecule has 0 radical (unpaired) electrons. The van der Waals surface area contributed by atoms with Crippen molar-refractivity contribution >= 4 is 17.4 Å². The molecule has 0 bridgehead atoms. The molecule has 0 saturated carbocycles. The summed E-state index contributed by atoms with van der Waals surface area (Å²) in [6, 6.07) is 5.68. The van der Waals surface area contributed by atoms with Crippen molar-refractivity contribution in [2.24, 2.45) is 0 Å². The quantitative estimate of drug-likeness (QED) is 0.782. The summed E-state index contributed by atoms with van der Waals surface area (Å²) in [6.07, 6.45) is 0. The maximum Gasteiger partial charge on any atom is 0.195 e. The summed E-state index contributed by atoms with van der Waals surface area (Å²) in [5.74, 6) is -0.170. The third-order valence-electron chi connectivity index (χ3n) is 1.65. The predicted molar refractivity (Wildman–Crippen MR) is 50.7 cm³/mol. The molecule has 14 heavy (non-hydrogen) atoms.